The Morgan fingerprint density at radius 2 is 2.21 bits per heavy atom. The third kappa shape index (κ3) is 3.89. The first-order chi connectivity index (χ1) is 11.4. The molecule has 2 aromatic rings. The molecule has 0 saturated carbocycles. The molecule has 24 heavy (non-hydrogen) atoms. The molecule has 130 valence electrons. The Hall–Kier alpha value is -1.19. The van der Waals surface area contributed by atoms with Crippen molar-refractivity contribution in [3.63, 3.8) is 0 Å². The van der Waals surface area contributed by atoms with Crippen LogP contribution < -0.4 is 5.32 Å². The molecule has 1 amide bonds. The van der Waals surface area contributed by atoms with Crippen molar-refractivity contribution in [2.45, 2.75) is 37.8 Å². The Morgan fingerprint density at radius 3 is 2.92 bits per heavy atom. The zero-order chi connectivity index (χ0) is 17.3. The second kappa shape index (κ2) is 6.97. The van der Waals surface area contributed by atoms with Crippen LogP contribution in [0.1, 0.15) is 23.3 Å². The van der Waals surface area contributed by atoms with Crippen LogP contribution in [0.4, 0.5) is 0 Å². The molecule has 1 unspecified atom stereocenters. The summed E-state index contributed by atoms with van der Waals surface area (Å²) in [5.41, 5.74) is 1.19. The average Bonchev–Trinajstić information content (AvgIpc) is 2.99. The second-order valence-corrected chi connectivity index (χ2v) is 10.4. The molecule has 1 atom stereocenters. The van der Waals surface area contributed by atoms with Gasteiger partial charge in [-0.2, -0.15) is 0 Å². The van der Waals surface area contributed by atoms with Gasteiger partial charge in [0.25, 0.3) is 0 Å². The number of hydrogen-bond donors (Lipinski definition) is 1. The number of carbonyl (C=O) groups excluding carboxylic acids is 1. The van der Waals surface area contributed by atoms with Gasteiger partial charge in [-0.25, -0.2) is 18.4 Å². The van der Waals surface area contributed by atoms with Gasteiger partial charge in [-0.05, 0) is 25.8 Å². The normalized spacial score (nSPS) is 19.7. The fourth-order valence-electron chi connectivity index (χ4n) is 2.71. The maximum Gasteiger partial charge on any atom is 0.221 e. The zero-order valence-corrected chi connectivity index (χ0v) is 16.0. The van der Waals surface area contributed by atoms with E-state index in [1.54, 1.807) is 17.7 Å². The Kier molecular flexibility index (Phi) is 5.12. The summed E-state index contributed by atoms with van der Waals surface area (Å²) < 4.78 is 22.8. The predicted octanol–water partition coefficient (Wildman–Crippen LogP) is 2.09. The topological polar surface area (TPSA) is 89.0 Å². The predicted molar refractivity (Wildman–Crippen MR) is 97.4 cm³/mol. The lowest BCUT2D eigenvalue weighted by Gasteiger charge is -2.10. The quantitative estimate of drug-likeness (QED) is 0.626. The minimum atomic E-state index is -2.97. The van der Waals surface area contributed by atoms with Crippen LogP contribution in [0.5, 0.6) is 0 Å². The van der Waals surface area contributed by atoms with Crippen molar-refractivity contribution in [1.82, 2.24) is 15.3 Å². The first-order valence-corrected chi connectivity index (χ1v) is 11.3. The van der Waals surface area contributed by atoms with E-state index in [4.69, 9.17) is 0 Å². The lowest BCUT2D eigenvalue weighted by molar-refractivity contribution is -0.121. The molecule has 9 heteroatoms. The Balaban J connectivity index is 1.56. The smallest absolute Gasteiger partial charge is 0.221 e. The van der Waals surface area contributed by atoms with Crippen molar-refractivity contribution >= 4 is 49.1 Å². The molecule has 1 aliphatic rings. The van der Waals surface area contributed by atoms with E-state index in [0.717, 1.165) is 15.2 Å². The molecule has 0 aliphatic carbocycles. The highest BCUT2D eigenvalue weighted by molar-refractivity contribution is 7.99. The summed E-state index contributed by atoms with van der Waals surface area (Å²) in [6, 6.07) is -0.236. The van der Waals surface area contributed by atoms with E-state index >= 15 is 0 Å². The SMILES string of the molecule is Cc1sc2ncnc(SCCC(=O)NC3CCS(=O)(=O)C3)c2c1C. The summed E-state index contributed by atoms with van der Waals surface area (Å²) >= 11 is 3.19. The van der Waals surface area contributed by atoms with E-state index in [0.29, 0.717) is 18.6 Å². The number of thiophene rings is 1. The van der Waals surface area contributed by atoms with Crippen LogP contribution >= 0.6 is 23.1 Å². The van der Waals surface area contributed by atoms with Gasteiger partial charge in [-0.3, -0.25) is 4.79 Å². The summed E-state index contributed by atoms with van der Waals surface area (Å²) in [7, 11) is -2.97. The molecule has 3 heterocycles. The van der Waals surface area contributed by atoms with Crippen LogP contribution in [-0.2, 0) is 14.6 Å². The largest absolute Gasteiger partial charge is 0.352 e. The fraction of sp³-hybridized carbons (Fsp3) is 0.533. The number of sulfone groups is 1. The maximum atomic E-state index is 12.0. The van der Waals surface area contributed by atoms with Gasteiger partial charge in [0, 0.05) is 28.5 Å². The molecule has 1 N–H and O–H groups in total. The van der Waals surface area contributed by atoms with Crippen LogP contribution in [0.15, 0.2) is 11.4 Å². The minimum absolute atomic E-state index is 0.0613. The number of amides is 1. The first-order valence-electron chi connectivity index (χ1n) is 7.69. The molecular formula is C15H19N3O3S3. The number of aryl methyl sites for hydroxylation is 2. The van der Waals surface area contributed by atoms with E-state index in [1.807, 2.05) is 0 Å². The van der Waals surface area contributed by atoms with Crippen molar-refractivity contribution in [2.75, 3.05) is 17.3 Å². The van der Waals surface area contributed by atoms with E-state index in [2.05, 4.69) is 29.1 Å². The summed E-state index contributed by atoms with van der Waals surface area (Å²) in [5, 5.41) is 4.79. The summed E-state index contributed by atoms with van der Waals surface area (Å²) in [5.74, 6) is 0.730. The van der Waals surface area contributed by atoms with Gasteiger partial charge in [0.05, 0.1) is 11.5 Å². The van der Waals surface area contributed by atoms with Crippen molar-refractivity contribution < 1.29 is 13.2 Å². The van der Waals surface area contributed by atoms with Gasteiger partial charge >= 0.3 is 0 Å². The first kappa shape index (κ1) is 17.6. The van der Waals surface area contributed by atoms with Crippen LogP contribution in [0.3, 0.4) is 0 Å². The molecule has 0 bridgehead atoms. The Labute approximate surface area is 149 Å². The van der Waals surface area contributed by atoms with Crippen LogP contribution in [0.25, 0.3) is 10.2 Å². The van der Waals surface area contributed by atoms with Crippen molar-refractivity contribution in [2.24, 2.45) is 0 Å². The number of rotatable bonds is 5. The lowest BCUT2D eigenvalue weighted by atomic mass is 10.2. The number of carbonyl (C=O) groups is 1. The highest BCUT2D eigenvalue weighted by Gasteiger charge is 2.28. The standard InChI is InChI=1S/C15H19N3O3S3/c1-9-10(2)23-15-13(9)14(16-8-17-15)22-5-3-12(19)18-11-4-6-24(20,21)7-11/h8,11H,3-7H2,1-2H3,(H,18,19). The second-order valence-electron chi connectivity index (χ2n) is 5.91. The number of nitrogens with zero attached hydrogens (tertiary/aromatic N) is 2. The molecule has 3 rings (SSSR count). The Morgan fingerprint density at radius 1 is 1.42 bits per heavy atom. The number of fused-ring (bicyclic) bond motifs is 1. The monoisotopic (exact) mass is 385 g/mol. The van der Waals surface area contributed by atoms with Gasteiger partial charge in [0.1, 0.15) is 16.2 Å². The highest BCUT2D eigenvalue weighted by atomic mass is 32.2. The summed E-state index contributed by atoms with van der Waals surface area (Å²) in [4.78, 5) is 22.8. The Bertz CT molecular complexity index is 877. The number of hydrogen-bond acceptors (Lipinski definition) is 7. The van der Waals surface area contributed by atoms with E-state index in [-0.39, 0.29) is 23.5 Å². The lowest BCUT2D eigenvalue weighted by Crippen LogP contribution is -2.35. The summed E-state index contributed by atoms with van der Waals surface area (Å²) in [6.07, 6.45) is 2.42. The molecule has 2 aromatic heterocycles. The highest BCUT2D eigenvalue weighted by Crippen LogP contribution is 2.34. The number of nitrogens with one attached hydrogen (secondary N) is 1. The van der Waals surface area contributed by atoms with Crippen molar-refractivity contribution in [3.8, 4) is 0 Å². The number of aromatic nitrogens is 2. The van der Waals surface area contributed by atoms with Gasteiger partial charge in [-0.15, -0.1) is 23.1 Å². The third-order valence-corrected chi connectivity index (χ3v) is 7.97. The molecular weight excluding hydrogens is 366 g/mol. The van der Waals surface area contributed by atoms with E-state index < -0.39 is 9.84 Å². The molecule has 1 fully saturated rings. The molecule has 0 spiro atoms. The average molecular weight is 386 g/mol. The molecule has 0 radical (unpaired) electrons. The third-order valence-electron chi connectivity index (χ3n) is 4.10. The van der Waals surface area contributed by atoms with Gasteiger partial charge in [0.15, 0.2) is 9.84 Å². The van der Waals surface area contributed by atoms with Crippen LogP contribution in [0, 0.1) is 13.8 Å². The van der Waals surface area contributed by atoms with Gasteiger partial charge < -0.3 is 5.32 Å². The summed E-state index contributed by atoms with van der Waals surface area (Å²) in [6.45, 7) is 4.13. The van der Waals surface area contributed by atoms with Crippen molar-refractivity contribution in [3.05, 3.63) is 16.8 Å². The molecule has 6 nitrogen and oxygen atoms in total. The minimum Gasteiger partial charge on any atom is -0.352 e. The van der Waals surface area contributed by atoms with Gasteiger partial charge in [-0.1, -0.05) is 0 Å². The van der Waals surface area contributed by atoms with E-state index in [1.165, 1.54) is 22.2 Å². The number of thioether (sulfide) groups is 1. The zero-order valence-electron chi connectivity index (χ0n) is 13.5. The van der Waals surface area contributed by atoms with Crippen LogP contribution in [0.2, 0.25) is 0 Å². The molecule has 1 aliphatic heterocycles. The molecule has 1 saturated heterocycles. The fourth-order valence-corrected chi connectivity index (χ4v) is 6.44. The molecule has 0 aromatic carbocycles. The van der Waals surface area contributed by atoms with E-state index in [9.17, 15) is 13.2 Å². The van der Waals surface area contributed by atoms with Crippen molar-refractivity contribution in [1.29, 1.82) is 0 Å². The van der Waals surface area contributed by atoms with Crippen LogP contribution in [-0.4, -0.2) is 47.6 Å². The van der Waals surface area contributed by atoms with Gasteiger partial charge in [0.2, 0.25) is 5.91 Å². The maximum absolute atomic E-state index is 12.0.